The van der Waals surface area contributed by atoms with Crippen molar-refractivity contribution < 1.29 is 4.42 Å². The van der Waals surface area contributed by atoms with Crippen LogP contribution in [0.2, 0.25) is 0 Å². The van der Waals surface area contributed by atoms with E-state index < -0.39 is 0 Å². The van der Waals surface area contributed by atoms with Gasteiger partial charge in [-0.05, 0) is 38.8 Å². The zero-order valence-electron chi connectivity index (χ0n) is 14.3. The number of benzene rings is 2. The fraction of sp³-hybridized carbons (Fsp3) is 0.136. The second kappa shape index (κ2) is 8.68. The zero-order valence-corrected chi connectivity index (χ0v) is 14.3. The minimum absolute atomic E-state index is 0.635. The van der Waals surface area contributed by atoms with Crippen molar-refractivity contribution in [3.05, 3.63) is 83.6 Å². The molecule has 0 saturated carbocycles. The normalized spacial score (nSPS) is 10.8. The van der Waals surface area contributed by atoms with Crippen molar-refractivity contribution in [2.24, 2.45) is 4.99 Å². The summed E-state index contributed by atoms with van der Waals surface area (Å²) in [6.07, 6.45) is 3.82. The molecule has 0 unspecified atom stereocenters. The molecule has 0 radical (unpaired) electrons. The van der Waals surface area contributed by atoms with Crippen LogP contribution in [0.4, 0.5) is 0 Å². The van der Waals surface area contributed by atoms with Crippen molar-refractivity contribution in [2.45, 2.75) is 13.8 Å². The second-order valence-electron chi connectivity index (χ2n) is 5.61. The first-order valence-electron chi connectivity index (χ1n) is 7.91. The maximum absolute atomic E-state index is 5.72. The third-order valence-electron chi connectivity index (χ3n) is 3.54. The molecule has 0 bridgehead atoms. The zero-order chi connectivity index (χ0) is 17.4. The number of fused-ring (bicyclic) bond motifs is 1. The monoisotopic (exact) mass is 317 g/mol. The van der Waals surface area contributed by atoms with Gasteiger partial charge in [-0.1, -0.05) is 66.2 Å². The number of hydrogen-bond acceptors (Lipinski definition) is 2. The first-order chi connectivity index (χ1) is 11.7. The predicted molar refractivity (Wildman–Crippen MR) is 106 cm³/mol. The summed E-state index contributed by atoms with van der Waals surface area (Å²) in [4.78, 5) is 3.88. The number of para-hydroxylation sites is 1. The summed E-state index contributed by atoms with van der Waals surface area (Å²) in [6.45, 7) is 12.0. The molecule has 1 heterocycles. The van der Waals surface area contributed by atoms with Crippen molar-refractivity contribution in [2.75, 3.05) is 6.54 Å². The van der Waals surface area contributed by atoms with E-state index in [9.17, 15) is 0 Å². The lowest BCUT2D eigenvalue weighted by Crippen LogP contribution is -1.82. The fourth-order valence-electron chi connectivity index (χ4n) is 2.39. The van der Waals surface area contributed by atoms with Gasteiger partial charge in [-0.15, -0.1) is 0 Å². The first-order valence-corrected chi connectivity index (χ1v) is 7.91. The summed E-state index contributed by atoms with van der Waals surface area (Å²) in [5.74, 6) is 0.801. The van der Waals surface area contributed by atoms with E-state index >= 15 is 0 Å². The van der Waals surface area contributed by atoms with Crippen molar-refractivity contribution in [1.82, 2.24) is 0 Å². The molecule has 3 aromatic rings. The SMILES string of the molecule is C=Cc1oc2ccccc2c1/C=C(\C)CN=C.Cc1ccccc1. The average Bonchev–Trinajstić information content (AvgIpc) is 2.94. The molecule has 0 saturated heterocycles. The maximum atomic E-state index is 5.72. The van der Waals surface area contributed by atoms with Crippen LogP contribution in [0.1, 0.15) is 23.8 Å². The highest BCUT2D eigenvalue weighted by Gasteiger charge is 2.09. The van der Waals surface area contributed by atoms with E-state index in [-0.39, 0.29) is 0 Å². The Kier molecular flexibility index (Phi) is 6.32. The molecule has 0 atom stereocenters. The van der Waals surface area contributed by atoms with Crippen molar-refractivity contribution in [1.29, 1.82) is 0 Å². The molecule has 0 aliphatic rings. The highest BCUT2D eigenvalue weighted by atomic mass is 16.3. The Morgan fingerprint density at radius 1 is 1.08 bits per heavy atom. The summed E-state index contributed by atoms with van der Waals surface area (Å²) in [7, 11) is 0. The Bertz CT molecular complexity index is 841. The molecule has 24 heavy (non-hydrogen) atoms. The van der Waals surface area contributed by atoms with Crippen LogP contribution in [-0.4, -0.2) is 13.3 Å². The van der Waals surface area contributed by atoms with Gasteiger partial charge in [0.2, 0.25) is 0 Å². The Morgan fingerprint density at radius 2 is 1.75 bits per heavy atom. The van der Waals surface area contributed by atoms with Gasteiger partial charge in [0.1, 0.15) is 11.3 Å². The van der Waals surface area contributed by atoms with E-state index in [0.717, 1.165) is 27.9 Å². The van der Waals surface area contributed by atoms with E-state index in [1.54, 1.807) is 6.08 Å². The van der Waals surface area contributed by atoms with Gasteiger partial charge in [0.05, 0.1) is 6.54 Å². The lowest BCUT2D eigenvalue weighted by atomic mass is 10.1. The summed E-state index contributed by atoms with van der Waals surface area (Å²) in [6, 6.07) is 18.2. The van der Waals surface area contributed by atoms with Gasteiger partial charge in [-0.25, -0.2) is 0 Å². The molecule has 2 nitrogen and oxygen atoms in total. The van der Waals surface area contributed by atoms with Crippen LogP contribution >= 0.6 is 0 Å². The van der Waals surface area contributed by atoms with Gasteiger partial charge in [-0.3, -0.25) is 4.99 Å². The van der Waals surface area contributed by atoms with E-state index in [1.165, 1.54) is 5.56 Å². The van der Waals surface area contributed by atoms with Crippen LogP contribution in [0.5, 0.6) is 0 Å². The smallest absolute Gasteiger partial charge is 0.135 e. The van der Waals surface area contributed by atoms with Gasteiger partial charge >= 0.3 is 0 Å². The quantitative estimate of drug-likeness (QED) is 0.528. The molecule has 2 heteroatoms. The summed E-state index contributed by atoms with van der Waals surface area (Å²) < 4.78 is 5.72. The van der Waals surface area contributed by atoms with Crippen molar-refractivity contribution >= 4 is 29.8 Å². The largest absolute Gasteiger partial charge is 0.456 e. The van der Waals surface area contributed by atoms with Crippen LogP contribution < -0.4 is 0 Å². The molecule has 0 amide bonds. The van der Waals surface area contributed by atoms with Gasteiger partial charge in [0.25, 0.3) is 0 Å². The Morgan fingerprint density at radius 3 is 2.33 bits per heavy atom. The fourth-order valence-corrected chi connectivity index (χ4v) is 2.39. The molecule has 0 aliphatic heterocycles. The third kappa shape index (κ3) is 4.56. The lowest BCUT2D eigenvalue weighted by molar-refractivity contribution is 0.603. The van der Waals surface area contributed by atoms with Crippen LogP contribution in [0.25, 0.3) is 23.1 Å². The average molecular weight is 317 g/mol. The molecule has 3 rings (SSSR count). The molecule has 1 aromatic heterocycles. The Hall–Kier alpha value is -2.87. The van der Waals surface area contributed by atoms with Crippen molar-refractivity contribution in [3.63, 3.8) is 0 Å². The van der Waals surface area contributed by atoms with Gasteiger partial charge in [-0.2, -0.15) is 0 Å². The summed E-state index contributed by atoms with van der Waals surface area (Å²) >= 11 is 0. The topological polar surface area (TPSA) is 25.5 Å². The summed E-state index contributed by atoms with van der Waals surface area (Å²) in [5, 5.41) is 1.10. The molecular weight excluding hydrogens is 294 g/mol. The van der Waals surface area contributed by atoms with Crippen LogP contribution in [-0.2, 0) is 0 Å². The van der Waals surface area contributed by atoms with Crippen LogP contribution in [0.3, 0.4) is 0 Å². The number of rotatable bonds is 4. The van der Waals surface area contributed by atoms with Crippen LogP contribution in [0.15, 0.2) is 76.2 Å². The molecule has 0 aliphatic carbocycles. The number of aryl methyl sites for hydroxylation is 1. The minimum Gasteiger partial charge on any atom is -0.456 e. The standard InChI is InChI=1S/C15H15NO.C7H8/c1-4-14-13(9-11(2)10-16-3)12-7-5-6-8-15(12)17-14;1-7-5-3-2-4-6-7/h4-9H,1,3,10H2,2H3;2-6H,1H3/b11-9+;. The predicted octanol–water partition coefficient (Wildman–Crippen LogP) is 6.17. The van der Waals surface area contributed by atoms with E-state index in [1.807, 2.05) is 49.4 Å². The van der Waals surface area contributed by atoms with Gasteiger partial charge < -0.3 is 4.42 Å². The molecule has 0 N–H and O–H groups in total. The lowest BCUT2D eigenvalue weighted by Gasteiger charge is -1.96. The highest BCUT2D eigenvalue weighted by Crippen LogP contribution is 2.28. The summed E-state index contributed by atoms with van der Waals surface area (Å²) in [5.41, 5.74) is 4.42. The number of hydrogen-bond donors (Lipinski definition) is 0. The number of aliphatic imine (C=N–C) groups is 1. The molecule has 0 spiro atoms. The van der Waals surface area contributed by atoms with E-state index in [2.05, 4.69) is 43.4 Å². The first kappa shape index (κ1) is 17.5. The van der Waals surface area contributed by atoms with E-state index in [0.29, 0.717) is 6.54 Å². The second-order valence-corrected chi connectivity index (χ2v) is 5.61. The van der Waals surface area contributed by atoms with E-state index in [4.69, 9.17) is 4.42 Å². The molecule has 122 valence electrons. The Balaban J connectivity index is 0.000000249. The highest BCUT2D eigenvalue weighted by molar-refractivity contribution is 5.91. The van der Waals surface area contributed by atoms with Gasteiger partial charge in [0.15, 0.2) is 0 Å². The number of furan rings is 1. The minimum atomic E-state index is 0.635. The molecule has 0 fully saturated rings. The molecular formula is C22H23NO. The maximum Gasteiger partial charge on any atom is 0.135 e. The number of nitrogens with zero attached hydrogens (tertiary/aromatic N) is 1. The Labute approximate surface area is 143 Å². The van der Waals surface area contributed by atoms with Crippen molar-refractivity contribution in [3.8, 4) is 0 Å². The van der Waals surface area contributed by atoms with Crippen LogP contribution in [0, 0.1) is 6.92 Å². The molecule has 2 aromatic carbocycles. The third-order valence-corrected chi connectivity index (χ3v) is 3.54. The van der Waals surface area contributed by atoms with Gasteiger partial charge in [0, 0.05) is 10.9 Å².